The molecule has 0 saturated heterocycles. The van der Waals surface area contributed by atoms with Crippen LogP contribution in [-0.4, -0.2) is 32.9 Å². The fraction of sp³-hybridized carbons (Fsp3) is 0.389. The van der Waals surface area contributed by atoms with Crippen molar-refractivity contribution in [2.45, 2.75) is 39.7 Å². The summed E-state index contributed by atoms with van der Waals surface area (Å²) in [6.45, 7) is 7.29. The highest BCUT2D eigenvalue weighted by atomic mass is 16.5. The number of aliphatic carboxylic acids is 1. The first-order valence-electron chi connectivity index (χ1n) is 8.04. The summed E-state index contributed by atoms with van der Waals surface area (Å²) >= 11 is 0. The smallest absolute Gasteiger partial charge is 0.344 e. The minimum absolute atomic E-state index is 0.227. The van der Waals surface area contributed by atoms with Crippen LogP contribution >= 0.6 is 0 Å². The highest BCUT2D eigenvalue weighted by Gasteiger charge is 2.17. The quantitative estimate of drug-likeness (QED) is 0.839. The van der Waals surface area contributed by atoms with Gasteiger partial charge in [0.1, 0.15) is 11.4 Å². The number of ether oxygens (including phenoxy) is 1. The van der Waals surface area contributed by atoms with E-state index >= 15 is 0 Å². The molecule has 0 bridgehead atoms. The van der Waals surface area contributed by atoms with E-state index < -0.39 is 12.1 Å². The molecule has 2 rings (SSSR count). The molecule has 7 nitrogen and oxygen atoms in total. The van der Waals surface area contributed by atoms with Crippen LogP contribution in [0, 0.1) is 6.92 Å². The van der Waals surface area contributed by atoms with Crippen molar-refractivity contribution in [3.63, 3.8) is 0 Å². The summed E-state index contributed by atoms with van der Waals surface area (Å²) in [5.74, 6) is -0.696. The normalized spacial score (nSPS) is 12.1. The molecule has 2 aromatic rings. The predicted octanol–water partition coefficient (Wildman–Crippen LogP) is 2.96. The number of anilines is 1. The van der Waals surface area contributed by atoms with Gasteiger partial charge in [-0.1, -0.05) is 19.9 Å². The molecule has 134 valence electrons. The summed E-state index contributed by atoms with van der Waals surface area (Å²) < 4.78 is 6.97. The first kappa shape index (κ1) is 18.5. The van der Waals surface area contributed by atoms with E-state index in [2.05, 4.69) is 10.4 Å². The van der Waals surface area contributed by atoms with Gasteiger partial charge in [0.2, 0.25) is 0 Å². The molecule has 1 heterocycles. The Bertz CT molecular complexity index is 796. The molecule has 1 aromatic heterocycles. The number of nitrogens with one attached hydrogen (secondary N) is 1. The fourth-order valence-electron chi connectivity index (χ4n) is 2.22. The number of amides is 1. The number of nitrogens with zero attached hydrogens (tertiary/aromatic N) is 2. The van der Waals surface area contributed by atoms with Gasteiger partial charge in [-0.2, -0.15) is 5.10 Å². The molecule has 0 aliphatic carbocycles. The highest BCUT2D eigenvalue weighted by Crippen LogP contribution is 2.24. The van der Waals surface area contributed by atoms with Crippen LogP contribution in [0.25, 0.3) is 0 Å². The van der Waals surface area contributed by atoms with Crippen molar-refractivity contribution < 1.29 is 19.4 Å². The molecule has 0 spiro atoms. The van der Waals surface area contributed by atoms with Crippen molar-refractivity contribution in [1.82, 2.24) is 9.78 Å². The minimum atomic E-state index is -1.05. The van der Waals surface area contributed by atoms with Crippen LogP contribution < -0.4 is 10.1 Å². The summed E-state index contributed by atoms with van der Waals surface area (Å²) in [7, 11) is 1.72. The molecular formula is C18H23N3O4. The molecule has 0 saturated carbocycles. The molecule has 25 heavy (non-hydrogen) atoms. The number of hydrogen-bond acceptors (Lipinski definition) is 4. The SMILES string of the molecule is Cc1ccc(NC(=O)c2cc(C(C)C)nn2C)cc1O[C@H](C)C(=O)O. The van der Waals surface area contributed by atoms with Gasteiger partial charge in [0.25, 0.3) is 5.91 Å². The molecule has 2 N–H and O–H groups in total. The Morgan fingerprint density at radius 2 is 1.92 bits per heavy atom. The topological polar surface area (TPSA) is 93.5 Å². The van der Waals surface area contributed by atoms with Crippen LogP contribution in [-0.2, 0) is 11.8 Å². The number of carbonyl (C=O) groups is 2. The van der Waals surface area contributed by atoms with Crippen LogP contribution in [0.4, 0.5) is 5.69 Å². The monoisotopic (exact) mass is 345 g/mol. The Hall–Kier alpha value is -2.83. The summed E-state index contributed by atoms with van der Waals surface area (Å²) in [5.41, 5.74) is 2.60. The van der Waals surface area contributed by atoms with E-state index in [1.165, 1.54) is 6.92 Å². The minimum Gasteiger partial charge on any atom is -0.479 e. The fourth-order valence-corrected chi connectivity index (χ4v) is 2.22. The number of aryl methyl sites for hydroxylation is 2. The molecule has 0 radical (unpaired) electrons. The summed E-state index contributed by atoms with van der Waals surface area (Å²) in [4.78, 5) is 23.4. The van der Waals surface area contributed by atoms with Crippen LogP contribution in [0.1, 0.15) is 48.4 Å². The average molecular weight is 345 g/mol. The number of carboxylic acid groups (broad SMARTS) is 1. The van der Waals surface area contributed by atoms with Crippen LogP contribution in [0.15, 0.2) is 24.3 Å². The van der Waals surface area contributed by atoms with E-state index in [4.69, 9.17) is 9.84 Å². The number of carboxylic acids is 1. The van der Waals surface area contributed by atoms with Crippen molar-refractivity contribution >= 4 is 17.6 Å². The molecule has 0 aliphatic rings. The lowest BCUT2D eigenvalue weighted by molar-refractivity contribution is -0.144. The first-order valence-corrected chi connectivity index (χ1v) is 8.04. The number of aromatic nitrogens is 2. The molecule has 1 amide bonds. The summed E-state index contributed by atoms with van der Waals surface area (Å²) in [6.07, 6.45) is -0.977. The van der Waals surface area contributed by atoms with Crippen LogP contribution in [0.2, 0.25) is 0 Å². The van der Waals surface area contributed by atoms with Crippen molar-refractivity contribution in [2.24, 2.45) is 7.05 Å². The maximum absolute atomic E-state index is 12.5. The van der Waals surface area contributed by atoms with Gasteiger partial charge in [-0.15, -0.1) is 0 Å². The van der Waals surface area contributed by atoms with Crippen molar-refractivity contribution in [1.29, 1.82) is 0 Å². The zero-order valence-corrected chi connectivity index (χ0v) is 15.0. The van der Waals surface area contributed by atoms with E-state index in [9.17, 15) is 9.59 Å². The zero-order chi connectivity index (χ0) is 18.7. The van der Waals surface area contributed by atoms with E-state index in [0.29, 0.717) is 17.1 Å². The lowest BCUT2D eigenvalue weighted by Crippen LogP contribution is -2.23. The third-order valence-corrected chi connectivity index (χ3v) is 3.82. The Kier molecular flexibility index (Phi) is 5.46. The molecular weight excluding hydrogens is 322 g/mol. The van der Waals surface area contributed by atoms with E-state index in [0.717, 1.165) is 11.3 Å². The molecule has 1 aromatic carbocycles. The van der Waals surface area contributed by atoms with E-state index in [-0.39, 0.29) is 11.8 Å². The second kappa shape index (κ2) is 7.38. The molecule has 7 heteroatoms. The van der Waals surface area contributed by atoms with Crippen molar-refractivity contribution in [3.05, 3.63) is 41.2 Å². The van der Waals surface area contributed by atoms with Gasteiger partial charge in [0.15, 0.2) is 6.10 Å². The predicted molar refractivity (Wildman–Crippen MR) is 94.2 cm³/mol. The molecule has 1 atom stereocenters. The average Bonchev–Trinajstić information content (AvgIpc) is 2.92. The largest absolute Gasteiger partial charge is 0.479 e. The lowest BCUT2D eigenvalue weighted by atomic mass is 10.1. The van der Waals surface area contributed by atoms with Gasteiger partial charge in [-0.25, -0.2) is 4.79 Å². The van der Waals surface area contributed by atoms with Gasteiger partial charge in [-0.05, 0) is 37.5 Å². The van der Waals surface area contributed by atoms with Gasteiger partial charge >= 0.3 is 5.97 Å². The van der Waals surface area contributed by atoms with E-state index in [1.807, 2.05) is 20.8 Å². The van der Waals surface area contributed by atoms with E-state index in [1.54, 1.807) is 36.0 Å². The third-order valence-electron chi connectivity index (χ3n) is 3.82. The van der Waals surface area contributed by atoms with Gasteiger partial charge in [-0.3, -0.25) is 9.48 Å². The van der Waals surface area contributed by atoms with Gasteiger partial charge in [0, 0.05) is 18.8 Å². The molecule has 0 fully saturated rings. The van der Waals surface area contributed by atoms with Gasteiger partial charge < -0.3 is 15.2 Å². The number of rotatable bonds is 6. The highest BCUT2D eigenvalue weighted by molar-refractivity contribution is 6.03. The Balaban J connectivity index is 2.20. The number of hydrogen-bond donors (Lipinski definition) is 2. The second-order valence-electron chi connectivity index (χ2n) is 6.27. The maximum atomic E-state index is 12.5. The Morgan fingerprint density at radius 1 is 1.24 bits per heavy atom. The standard InChI is InChI=1S/C18H23N3O4/c1-10(2)14-9-15(21(5)20-14)17(22)19-13-7-6-11(3)16(8-13)25-12(4)18(23)24/h6-10,12H,1-5H3,(H,19,22)(H,23,24)/t12-/m1/s1. The Labute approximate surface area is 146 Å². The zero-order valence-electron chi connectivity index (χ0n) is 15.0. The van der Waals surface area contributed by atoms with Crippen LogP contribution in [0.3, 0.4) is 0 Å². The third kappa shape index (κ3) is 4.37. The van der Waals surface area contributed by atoms with Gasteiger partial charge in [0.05, 0.1) is 5.69 Å². The lowest BCUT2D eigenvalue weighted by Gasteiger charge is -2.14. The Morgan fingerprint density at radius 3 is 2.48 bits per heavy atom. The summed E-state index contributed by atoms with van der Waals surface area (Å²) in [6, 6.07) is 6.89. The number of carbonyl (C=O) groups excluding carboxylic acids is 1. The second-order valence-corrected chi connectivity index (χ2v) is 6.27. The number of benzene rings is 1. The maximum Gasteiger partial charge on any atom is 0.344 e. The van der Waals surface area contributed by atoms with Crippen molar-refractivity contribution in [3.8, 4) is 5.75 Å². The van der Waals surface area contributed by atoms with Crippen molar-refractivity contribution in [2.75, 3.05) is 5.32 Å². The van der Waals surface area contributed by atoms with Crippen LogP contribution in [0.5, 0.6) is 5.75 Å². The molecule has 0 aliphatic heterocycles. The molecule has 0 unspecified atom stereocenters. The summed E-state index contributed by atoms with van der Waals surface area (Å²) in [5, 5.41) is 16.1. The first-order chi connectivity index (χ1) is 11.7.